The van der Waals surface area contributed by atoms with E-state index in [0.29, 0.717) is 13.2 Å². The summed E-state index contributed by atoms with van der Waals surface area (Å²) in [5, 5.41) is 11.3. The van der Waals surface area contributed by atoms with Gasteiger partial charge in [-0.1, -0.05) is 24.3 Å². The van der Waals surface area contributed by atoms with E-state index in [1.165, 1.54) is 44.6 Å². The van der Waals surface area contributed by atoms with Gasteiger partial charge in [-0.25, -0.2) is 10.3 Å². The highest BCUT2D eigenvalue weighted by atomic mass is 16.5. The van der Waals surface area contributed by atoms with E-state index in [4.69, 9.17) is 9.94 Å². The van der Waals surface area contributed by atoms with Gasteiger partial charge in [0.2, 0.25) is 0 Å². The minimum absolute atomic E-state index is 0.237. The number of ether oxygens (including phenoxy) is 1. The third-order valence-corrected chi connectivity index (χ3v) is 6.63. The Labute approximate surface area is 165 Å². The zero-order chi connectivity index (χ0) is 19.6. The highest BCUT2D eigenvalue weighted by Gasteiger charge is 2.51. The second-order valence-corrected chi connectivity index (χ2v) is 8.90. The molecule has 4 saturated carbocycles. The first-order chi connectivity index (χ1) is 13.5. The lowest BCUT2D eigenvalue weighted by molar-refractivity contribution is -0.124. The maximum Gasteiger partial charge on any atom is 0.407 e. The summed E-state index contributed by atoms with van der Waals surface area (Å²) < 4.78 is 5.62. The number of hydrogen-bond donors (Lipinski definition) is 3. The Balaban J connectivity index is 1.23. The Morgan fingerprint density at radius 3 is 2.25 bits per heavy atom. The average Bonchev–Trinajstić information content (AvgIpc) is 2.68. The zero-order valence-electron chi connectivity index (χ0n) is 16.0. The molecule has 0 unspecified atom stereocenters. The van der Waals surface area contributed by atoms with E-state index in [1.807, 2.05) is 24.3 Å². The van der Waals surface area contributed by atoms with Crippen LogP contribution in [0.5, 0.6) is 0 Å². The Kier molecular flexibility index (Phi) is 5.40. The highest BCUT2D eigenvalue weighted by Crippen LogP contribution is 2.60. The maximum atomic E-state index is 12.2. The second-order valence-electron chi connectivity index (χ2n) is 8.90. The molecule has 0 heterocycles. The molecule has 4 bridgehead atoms. The summed E-state index contributed by atoms with van der Waals surface area (Å²) in [6.45, 7) is 0.958. The van der Waals surface area contributed by atoms with E-state index in [9.17, 15) is 9.59 Å². The molecule has 2 amide bonds. The molecule has 4 aliphatic rings. The number of alkyl carbamates (subject to hydrolysis) is 1. The number of carbonyl (C=O) groups excluding carboxylic acids is 2. The van der Waals surface area contributed by atoms with Gasteiger partial charge in [0.25, 0.3) is 5.91 Å². The molecule has 5 rings (SSSR count). The van der Waals surface area contributed by atoms with Crippen LogP contribution in [0.25, 0.3) is 6.08 Å². The van der Waals surface area contributed by atoms with E-state index in [0.717, 1.165) is 28.9 Å². The van der Waals surface area contributed by atoms with Crippen LogP contribution in [-0.4, -0.2) is 23.8 Å². The molecule has 0 aliphatic heterocycles. The number of hydroxylamine groups is 1. The largest absolute Gasteiger partial charge is 0.449 e. The summed E-state index contributed by atoms with van der Waals surface area (Å²) in [6, 6.07) is 7.46. The Bertz CT molecular complexity index is 721. The van der Waals surface area contributed by atoms with Crippen LogP contribution in [0.15, 0.2) is 30.3 Å². The molecule has 6 nitrogen and oxygen atoms in total. The predicted octanol–water partition coefficient (Wildman–Crippen LogP) is 3.65. The van der Waals surface area contributed by atoms with Gasteiger partial charge in [-0.05, 0) is 73.5 Å². The summed E-state index contributed by atoms with van der Waals surface area (Å²) in [6.07, 6.45) is 10.4. The molecule has 4 aliphatic carbocycles. The van der Waals surface area contributed by atoms with Gasteiger partial charge in [0.1, 0.15) is 0 Å². The summed E-state index contributed by atoms with van der Waals surface area (Å²) in [7, 11) is 0. The molecule has 150 valence electrons. The highest BCUT2D eigenvalue weighted by molar-refractivity contribution is 5.90. The van der Waals surface area contributed by atoms with E-state index in [1.54, 1.807) is 11.6 Å². The molecule has 4 fully saturated rings. The van der Waals surface area contributed by atoms with Crippen molar-refractivity contribution < 1.29 is 19.5 Å². The van der Waals surface area contributed by atoms with Crippen LogP contribution >= 0.6 is 0 Å². The van der Waals surface area contributed by atoms with Gasteiger partial charge >= 0.3 is 6.09 Å². The van der Waals surface area contributed by atoms with Gasteiger partial charge in [-0.15, -0.1) is 0 Å². The van der Waals surface area contributed by atoms with Crippen LogP contribution in [0.4, 0.5) is 4.79 Å². The van der Waals surface area contributed by atoms with Gasteiger partial charge in [-0.2, -0.15) is 0 Å². The average molecular weight is 384 g/mol. The molecule has 0 radical (unpaired) electrons. The lowest BCUT2D eigenvalue weighted by atomic mass is 9.50. The first-order valence-corrected chi connectivity index (χ1v) is 10.2. The number of rotatable bonds is 6. The van der Waals surface area contributed by atoms with Crippen molar-refractivity contribution in [2.24, 2.45) is 23.2 Å². The van der Waals surface area contributed by atoms with Crippen LogP contribution in [0.1, 0.15) is 49.7 Å². The normalized spacial score (nSPS) is 30.4. The number of hydrogen-bond acceptors (Lipinski definition) is 4. The van der Waals surface area contributed by atoms with Crippen molar-refractivity contribution in [1.29, 1.82) is 0 Å². The minimum atomic E-state index is -0.576. The van der Waals surface area contributed by atoms with E-state index < -0.39 is 5.91 Å². The first kappa shape index (κ1) is 19.0. The number of benzene rings is 1. The van der Waals surface area contributed by atoms with Gasteiger partial charge in [-0.3, -0.25) is 10.0 Å². The van der Waals surface area contributed by atoms with E-state index >= 15 is 0 Å². The second kappa shape index (κ2) is 7.95. The molecule has 1 aromatic carbocycles. The van der Waals surface area contributed by atoms with Crippen molar-refractivity contribution in [3.63, 3.8) is 0 Å². The van der Waals surface area contributed by atoms with Crippen LogP contribution in [0, 0.1) is 23.2 Å². The smallest absolute Gasteiger partial charge is 0.407 e. The summed E-state index contributed by atoms with van der Waals surface area (Å²) in [5.74, 6) is 1.99. The molecule has 0 spiro atoms. The molecule has 3 N–H and O–H groups in total. The van der Waals surface area contributed by atoms with Gasteiger partial charge in [0.15, 0.2) is 0 Å². The third kappa shape index (κ3) is 4.38. The van der Waals surface area contributed by atoms with E-state index in [2.05, 4.69) is 5.32 Å². The predicted molar refractivity (Wildman–Crippen MR) is 104 cm³/mol. The first-order valence-electron chi connectivity index (χ1n) is 10.2. The molecule has 0 atom stereocenters. The lowest BCUT2D eigenvalue weighted by Crippen LogP contribution is -2.48. The molecular formula is C22H28N2O4. The van der Waals surface area contributed by atoms with Crippen molar-refractivity contribution in [2.75, 3.05) is 6.61 Å². The van der Waals surface area contributed by atoms with Crippen molar-refractivity contribution >= 4 is 18.1 Å². The van der Waals surface area contributed by atoms with Crippen LogP contribution in [-0.2, 0) is 16.1 Å². The van der Waals surface area contributed by atoms with Gasteiger partial charge < -0.3 is 10.1 Å². The molecule has 0 saturated heterocycles. The van der Waals surface area contributed by atoms with Gasteiger partial charge in [0, 0.05) is 18.0 Å². The van der Waals surface area contributed by atoms with Crippen molar-refractivity contribution in [1.82, 2.24) is 10.8 Å². The SMILES string of the molecule is O=C(/C=C/c1ccc(CNC(=O)OCC23CC4CC(CC(C4)C2)C3)cc1)NO. The standard InChI is InChI=1S/C22H28N2O4/c25-20(24-27)6-5-15-1-3-16(4-2-15)13-23-21(26)28-14-22-10-17-7-18(11-22)9-19(8-17)12-22/h1-6,17-19,27H,7-14H2,(H,23,26)(H,24,25)/b6-5+. The fraction of sp³-hybridized carbons (Fsp3) is 0.545. The Morgan fingerprint density at radius 1 is 1.07 bits per heavy atom. The lowest BCUT2D eigenvalue weighted by Gasteiger charge is -2.56. The van der Waals surface area contributed by atoms with Crippen molar-refractivity contribution in [3.8, 4) is 0 Å². The number of carbonyl (C=O) groups is 2. The van der Waals surface area contributed by atoms with Crippen LogP contribution in [0.3, 0.4) is 0 Å². The van der Waals surface area contributed by atoms with Gasteiger partial charge in [0.05, 0.1) is 6.61 Å². The summed E-state index contributed by atoms with van der Waals surface area (Å²) in [5.41, 5.74) is 3.57. The molecule has 6 heteroatoms. The summed E-state index contributed by atoms with van der Waals surface area (Å²) >= 11 is 0. The van der Waals surface area contributed by atoms with Crippen molar-refractivity contribution in [3.05, 3.63) is 41.5 Å². The fourth-order valence-electron chi connectivity index (χ4n) is 5.87. The number of nitrogens with one attached hydrogen (secondary N) is 2. The maximum absolute atomic E-state index is 12.2. The molecule has 0 aromatic heterocycles. The molecule has 28 heavy (non-hydrogen) atoms. The van der Waals surface area contributed by atoms with Crippen LogP contribution < -0.4 is 10.8 Å². The molecule has 1 aromatic rings. The Morgan fingerprint density at radius 2 is 1.68 bits per heavy atom. The fourth-order valence-corrected chi connectivity index (χ4v) is 5.87. The third-order valence-electron chi connectivity index (χ3n) is 6.63. The van der Waals surface area contributed by atoms with Crippen LogP contribution in [0.2, 0.25) is 0 Å². The Hall–Kier alpha value is -2.34. The topological polar surface area (TPSA) is 87.7 Å². The monoisotopic (exact) mass is 384 g/mol. The minimum Gasteiger partial charge on any atom is -0.449 e. The summed E-state index contributed by atoms with van der Waals surface area (Å²) in [4.78, 5) is 23.2. The van der Waals surface area contributed by atoms with E-state index in [-0.39, 0.29) is 11.5 Å². The zero-order valence-corrected chi connectivity index (χ0v) is 16.0. The number of amides is 2. The molecular weight excluding hydrogens is 356 g/mol. The quantitative estimate of drug-likeness (QED) is 0.397. The van der Waals surface area contributed by atoms with Crippen molar-refractivity contribution in [2.45, 2.75) is 45.1 Å².